The molecular formula is C20H20BrN3O4. The molecule has 0 heterocycles. The lowest BCUT2D eigenvalue weighted by Crippen LogP contribution is -2.43. The predicted octanol–water partition coefficient (Wildman–Crippen LogP) is 2.95. The summed E-state index contributed by atoms with van der Waals surface area (Å²) in [5.41, 5.74) is 6.52. The van der Waals surface area contributed by atoms with Crippen LogP contribution in [0.4, 0.5) is 5.69 Å². The molecule has 3 rings (SSSR count). The number of nitrogens with one attached hydrogen (secondary N) is 3. The van der Waals surface area contributed by atoms with Crippen molar-refractivity contribution in [2.24, 2.45) is 5.92 Å². The number of benzene rings is 2. The number of anilines is 1. The predicted molar refractivity (Wildman–Crippen MR) is 108 cm³/mol. The molecule has 1 aliphatic carbocycles. The van der Waals surface area contributed by atoms with Crippen LogP contribution >= 0.6 is 15.9 Å². The quantitative estimate of drug-likeness (QED) is 0.595. The number of halogens is 1. The van der Waals surface area contributed by atoms with E-state index in [2.05, 4.69) is 32.1 Å². The number of aryl methyl sites for hydroxylation is 1. The van der Waals surface area contributed by atoms with Crippen LogP contribution in [0.5, 0.6) is 5.75 Å². The largest absolute Gasteiger partial charge is 0.483 e. The molecule has 0 atom stereocenters. The number of carbonyl (C=O) groups is 3. The third-order valence-electron chi connectivity index (χ3n) is 4.17. The second kappa shape index (κ2) is 8.88. The highest BCUT2D eigenvalue weighted by atomic mass is 79.9. The topological polar surface area (TPSA) is 96.5 Å². The highest BCUT2D eigenvalue weighted by molar-refractivity contribution is 9.10. The molecule has 0 saturated heterocycles. The van der Waals surface area contributed by atoms with Crippen LogP contribution in [-0.2, 0) is 9.59 Å². The number of hydrogen-bond donors (Lipinski definition) is 3. The van der Waals surface area contributed by atoms with Gasteiger partial charge in [-0.3, -0.25) is 25.2 Å². The average Bonchev–Trinajstić information content (AvgIpc) is 3.51. The van der Waals surface area contributed by atoms with Gasteiger partial charge in [-0.15, -0.1) is 0 Å². The summed E-state index contributed by atoms with van der Waals surface area (Å²) in [4.78, 5) is 35.7. The Hall–Kier alpha value is -2.87. The molecule has 1 saturated carbocycles. The van der Waals surface area contributed by atoms with Gasteiger partial charge in [0.15, 0.2) is 6.61 Å². The fourth-order valence-electron chi connectivity index (χ4n) is 2.45. The van der Waals surface area contributed by atoms with Crippen molar-refractivity contribution in [1.82, 2.24) is 10.9 Å². The molecule has 0 unspecified atom stereocenters. The number of ether oxygens (including phenoxy) is 1. The van der Waals surface area contributed by atoms with Crippen molar-refractivity contribution in [3.05, 3.63) is 58.1 Å². The van der Waals surface area contributed by atoms with Crippen LogP contribution in [0.15, 0.2) is 46.9 Å². The van der Waals surface area contributed by atoms with Crippen LogP contribution < -0.4 is 20.9 Å². The molecule has 0 radical (unpaired) electrons. The monoisotopic (exact) mass is 445 g/mol. The molecule has 3 amide bonds. The van der Waals surface area contributed by atoms with Crippen LogP contribution in [0.2, 0.25) is 0 Å². The van der Waals surface area contributed by atoms with Gasteiger partial charge in [0, 0.05) is 21.6 Å². The SMILES string of the molecule is Cc1cc(Br)ccc1OCC(=O)NNC(=O)c1ccc(NC(=O)C2CC2)cc1. The van der Waals surface area contributed by atoms with Crippen LogP contribution in [-0.4, -0.2) is 24.3 Å². The number of hydrogen-bond acceptors (Lipinski definition) is 4. The minimum absolute atomic E-state index is 0.00507. The third-order valence-corrected chi connectivity index (χ3v) is 4.67. The molecule has 146 valence electrons. The Bertz CT molecular complexity index is 895. The van der Waals surface area contributed by atoms with Gasteiger partial charge in [-0.2, -0.15) is 0 Å². The molecule has 1 aliphatic rings. The van der Waals surface area contributed by atoms with E-state index in [1.54, 1.807) is 30.3 Å². The first-order valence-corrected chi connectivity index (χ1v) is 9.61. The summed E-state index contributed by atoms with van der Waals surface area (Å²) in [5.74, 6) is -0.238. The van der Waals surface area contributed by atoms with Crippen molar-refractivity contribution < 1.29 is 19.1 Å². The Balaban J connectivity index is 1.43. The summed E-state index contributed by atoms with van der Waals surface area (Å²) < 4.78 is 6.37. The van der Waals surface area contributed by atoms with Gasteiger partial charge in [-0.1, -0.05) is 15.9 Å². The first-order chi connectivity index (χ1) is 13.4. The average molecular weight is 446 g/mol. The first-order valence-electron chi connectivity index (χ1n) is 8.81. The number of amides is 3. The van der Waals surface area contributed by atoms with Crippen molar-refractivity contribution >= 4 is 39.3 Å². The number of hydrazine groups is 1. The Morgan fingerprint density at radius 1 is 1.07 bits per heavy atom. The zero-order valence-corrected chi connectivity index (χ0v) is 16.8. The van der Waals surface area contributed by atoms with Crippen LogP contribution in [0.25, 0.3) is 0 Å². The molecule has 0 spiro atoms. The fraction of sp³-hybridized carbons (Fsp3) is 0.250. The smallest absolute Gasteiger partial charge is 0.276 e. The van der Waals surface area contributed by atoms with Gasteiger partial charge in [-0.25, -0.2) is 0 Å². The van der Waals surface area contributed by atoms with Gasteiger partial charge >= 0.3 is 0 Å². The first kappa shape index (κ1) is 19.9. The van der Waals surface area contributed by atoms with Crippen molar-refractivity contribution in [1.29, 1.82) is 0 Å². The van der Waals surface area contributed by atoms with E-state index in [9.17, 15) is 14.4 Å². The van der Waals surface area contributed by atoms with Crippen LogP contribution in [0.1, 0.15) is 28.8 Å². The lowest BCUT2D eigenvalue weighted by molar-refractivity contribution is -0.123. The van der Waals surface area contributed by atoms with Crippen molar-refractivity contribution in [2.75, 3.05) is 11.9 Å². The van der Waals surface area contributed by atoms with Gasteiger partial charge < -0.3 is 10.1 Å². The summed E-state index contributed by atoms with van der Waals surface area (Å²) in [7, 11) is 0. The van der Waals surface area contributed by atoms with E-state index in [4.69, 9.17) is 4.74 Å². The van der Waals surface area contributed by atoms with E-state index < -0.39 is 11.8 Å². The fourth-order valence-corrected chi connectivity index (χ4v) is 2.92. The number of rotatable bonds is 6. The normalized spacial score (nSPS) is 12.8. The zero-order valence-electron chi connectivity index (χ0n) is 15.3. The maximum atomic E-state index is 12.1. The summed E-state index contributed by atoms with van der Waals surface area (Å²) in [5, 5.41) is 2.80. The molecule has 8 heteroatoms. The third kappa shape index (κ3) is 5.56. The molecular weight excluding hydrogens is 426 g/mol. The van der Waals surface area contributed by atoms with E-state index in [-0.39, 0.29) is 18.4 Å². The molecule has 0 aliphatic heterocycles. The van der Waals surface area contributed by atoms with Crippen LogP contribution in [0, 0.1) is 12.8 Å². The van der Waals surface area contributed by atoms with Crippen molar-refractivity contribution in [3.63, 3.8) is 0 Å². The molecule has 1 fully saturated rings. The zero-order chi connectivity index (χ0) is 20.1. The molecule has 7 nitrogen and oxygen atoms in total. The molecule has 3 N–H and O–H groups in total. The van der Waals surface area contributed by atoms with E-state index in [1.807, 2.05) is 19.1 Å². The van der Waals surface area contributed by atoms with Gasteiger partial charge in [0.2, 0.25) is 5.91 Å². The van der Waals surface area contributed by atoms with Gasteiger partial charge in [0.25, 0.3) is 11.8 Å². The van der Waals surface area contributed by atoms with E-state index >= 15 is 0 Å². The maximum Gasteiger partial charge on any atom is 0.276 e. The Kier molecular flexibility index (Phi) is 6.30. The van der Waals surface area contributed by atoms with E-state index in [0.717, 1.165) is 22.9 Å². The molecule has 2 aromatic rings. The lowest BCUT2D eigenvalue weighted by atomic mass is 10.2. The van der Waals surface area contributed by atoms with Gasteiger partial charge in [-0.05, 0) is 67.8 Å². The lowest BCUT2D eigenvalue weighted by Gasteiger charge is -2.11. The number of carbonyl (C=O) groups excluding carboxylic acids is 3. The Morgan fingerprint density at radius 3 is 2.43 bits per heavy atom. The summed E-state index contributed by atoms with van der Waals surface area (Å²) >= 11 is 3.36. The summed E-state index contributed by atoms with van der Waals surface area (Å²) in [6, 6.07) is 11.9. The van der Waals surface area contributed by atoms with Crippen LogP contribution in [0.3, 0.4) is 0 Å². The Labute approximate surface area is 170 Å². The second-order valence-corrected chi connectivity index (χ2v) is 7.46. The maximum absolute atomic E-state index is 12.1. The minimum Gasteiger partial charge on any atom is -0.483 e. The Morgan fingerprint density at radius 2 is 1.79 bits per heavy atom. The van der Waals surface area contributed by atoms with E-state index in [1.165, 1.54) is 0 Å². The minimum atomic E-state index is -0.482. The summed E-state index contributed by atoms with van der Waals surface area (Å²) in [6.07, 6.45) is 1.86. The standard InChI is InChI=1S/C20H20BrN3O4/c1-12-10-15(21)6-9-17(12)28-11-18(25)23-24-20(27)14-4-7-16(8-5-14)22-19(26)13-2-3-13/h4-10,13H,2-3,11H2,1H3,(H,22,26)(H,23,25)(H,24,27). The summed E-state index contributed by atoms with van der Waals surface area (Å²) in [6.45, 7) is 1.64. The highest BCUT2D eigenvalue weighted by Crippen LogP contribution is 2.30. The second-order valence-electron chi connectivity index (χ2n) is 6.54. The van der Waals surface area contributed by atoms with Gasteiger partial charge in [0.05, 0.1) is 0 Å². The highest BCUT2D eigenvalue weighted by Gasteiger charge is 2.29. The molecule has 0 aromatic heterocycles. The van der Waals surface area contributed by atoms with Gasteiger partial charge in [0.1, 0.15) is 5.75 Å². The molecule has 2 aromatic carbocycles. The molecule has 0 bridgehead atoms. The van der Waals surface area contributed by atoms with Crippen molar-refractivity contribution in [3.8, 4) is 5.75 Å². The van der Waals surface area contributed by atoms with Crippen molar-refractivity contribution in [2.45, 2.75) is 19.8 Å². The molecule has 28 heavy (non-hydrogen) atoms. The van der Waals surface area contributed by atoms with E-state index in [0.29, 0.717) is 17.0 Å².